The van der Waals surface area contributed by atoms with Crippen molar-refractivity contribution < 1.29 is 22.4 Å². The molecular weight excluding hydrogens is 418 g/mol. The van der Waals surface area contributed by atoms with E-state index in [-0.39, 0.29) is 5.76 Å². The summed E-state index contributed by atoms with van der Waals surface area (Å²) >= 11 is 0. The number of ether oxygens (including phenoxy) is 1. The molecule has 0 bridgehead atoms. The van der Waals surface area contributed by atoms with E-state index in [0.29, 0.717) is 29.1 Å². The maximum atomic E-state index is 13.2. The average Bonchev–Trinajstić information content (AvgIpc) is 3.43. The first kappa shape index (κ1) is 20.7. The fourth-order valence-electron chi connectivity index (χ4n) is 3.58. The molecule has 1 amide bonds. The Morgan fingerprint density at radius 3 is 2.58 bits per heavy atom. The van der Waals surface area contributed by atoms with E-state index in [2.05, 4.69) is 9.82 Å². The second-order valence-corrected chi connectivity index (χ2v) is 8.80. The van der Waals surface area contributed by atoms with Crippen molar-refractivity contribution >= 4 is 27.3 Å². The number of anilines is 1. The van der Waals surface area contributed by atoms with Gasteiger partial charge in [-0.25, -0.2) is 13.4 Å². The van der Waals surface area contributed by atoms with Crippen LogP contribution in [0.4, 0.5) is 5.69 Å². The molecule has 3 aromatic rings. The molecule has 31 heavy (non-hydrogen) atoms. The first-order valence-electron chi connectivity index (χ1n) is 9.52. The molecule has 0 unspecified atom stereocenters. The van der Waals surface area contributed by atoms with E-state index in [1.54, 1.807) is 43.5 Å². The van der Waals surface area contributed by atoms with Crippen molar-refractivity contribution in [3.63, 3.8) is 0 Å². The van der Waals surface area contributed by atoms with Crippen LogP contribution in [0.2, 0.25) is 0 Å². The fourth-order valence-corrected chi connectivity index (χ4v) is 4.16. The normalized spacial score (nSPS) is 16.1. The van der Waals surface area contributed by atoms with E-state index < -0.39 is 22.0 Å². The van der Waals surface area contributed by atoms with Crippen LogP contribution in [0, 0.1) is 0 Å². The largest absolute Gasteiger partial charge is 0.496 e. The number of hydrazone groups is 1. The lowest BCUT2D eigenvalue weighted by molar-refractivity contribution is 0.0677. The van der Waals surface area contributed by atoms with Crippen LogP contribution in [-0.4, -0.2) is 38.4 Å². The molecule has 1 aliphatic rings. The van der Waals surface area contributed by atoms with Crippen molar-refractivity contribution in [2.24, 2.45) is 5.10 Å². The van der Waals surface area contributed by atoms with Gasteiger partial charge in [0, 0.05) is 17.5 Å². The Bertz CT molecular complexity index is 1240. The quantitative estimate of drug-likeness (QED) is 0.632. The SMILES string of the molecule is COc1ccccc1[C@H]1CC(c2ccccc2NS(C)(=O)=O)=NN1C(=O)c1ccco1. The van der Waals surface area contributed by atoms with Crippen molar-refractivity contribution in [1.29, 1.82) is 0 Å². The predicted molar refractivity (Wildman–Crippen MR) is 117 cm³/mol. The molecule has 1 aliphatic heterocycles. The molecule has 0 saturated carbocycles. The molecule has 160 valence electrons. The summed E-state index contributed by atoms with van der Waals surface area (Å²) < 4.78 is 37.0. The highest BCUT2D eigenvalue weighted by atomic mass is 32.2. The maximum Gasteiger partial charge on any atom is 0.310 e. The number of nitrogens with one attached hydrogen (secondary N) is 1. The average molecular weight is 439 g/mol. The van der Waals surface area contributed by atoms with Gasteiger partial charge in [-0.15, -0.1) is 0 Å². The standard InChI is InChI=1S/C22H21N3O5S/c1-29-20-11-6-4-9-16(20)19-14-18(23-25(19)22(26)21-12-7-13-30-21)15-8-3-5-10-17(15)24-31(2,27)28/h3-13,19,24H,14H2,1-2H3/t19-/m1/s1. The molecule has 0 aliphatic carbocycles. The molecule has 2 aromatic carbocycles. The first-order valence-corrected chi connectivity index (χ1v) is 11.4. The Hall–Kier alpha value is -3.59. The number of carbonyl (C=O) groups excluding carboxylic acids is 1. The second-order valence-electron chi connectivity index (χ2n) is 7.06. The smallest absolute Gasteiger partial charge is 0.310 e. The minimum absolute atomic E-state index is 0.160. The van der Waals surface area contributed by atoms with Crippen molar-refractivity contribution in [2.75, 3.05) is 18.1 Å². The van der Waals surface area contributed by atoms with E-state index in [4.69, 9.17) is 9.15 Å². The number of furan rings is 1. The van der Waals surface area contributed by atoms with E-state index in [1.165, 1.54) is 11.3 Å². The Kier molecular flexibility index (Phi) is 5.51. The van der Waals surface area contributed by atoms with Crippen molar-refractivity contribution in [3.05, 3.63) is 83.8 Å². The number of amides is 1. The highest BCUT2D eigenvalue weighted by Crippen LogP contribution is 2.39. The van der Waals surface area contributed by atoms with Crippen LogP contribution in [0.1, 0.15) is 34.1 Å². The van der Waals surface area contributed by atoms with Gasteiger partial charge < -0.3 is 9.15 Å². The molecule has 1 N–H and O–H groups in total. The molecule has 1 atom stereocenters. The minimum Gasteiger partial charge on any atom is -0.496 e. The van der Waals surface area contributed by atoms with Gasteiger partial charge in [-0.1, -0.05) is 36.4 Å². The zero-order valence-corrected chi connectivity index (χ0v) is 17.8. The van der Waals surface area contributed by atoms with Gasteiger partial charge in [-0.05, 0) is 24.3 Å². The molecule has 8 nitrogen and oxygen atoms in total. The van der Waals surface area contributed by atoms with Crippen LogP contribution < -0.4 is 9.46 Å². The fraction of sp³-hybridized carbons (Fsp3) is 0.182. The number of benzene rings is 2. The van der Waals surface area contributed by atoms with Gasteiger partial charge in [0.2, 0.25) is 10.0 Å². The van der Waals surface area contributed by atoms with Gasteiger partial charge in [0.15, 0.2) is 5.76 Å². The number of methoxy groups -OCH3 is 1. The number of rotatable bonds is 6. The monoisotopic (exact) mass is 439 g/mol. The van der Waals surface area contributed by atoms with Gasteiger partial charge in [0.25, 0.3) is 0 Å². The molecule has 4 rings (SSSR count). The summed E-state index contributed by atoms with van der Waals surface area (Å²) in [6.45, 7) is 0. The van der Waals surface area contributed by atoms with Crippen LogP contribution >= 0.6 is 0 Å². The first-order chi connectivity index (χ1) is 14.9. The Balaban J connectivity index is 1.79. The third-order valence-electron chi connectivity index (χ3n) is 4.88. The van der Waals surface area contributed by atoms with Crippen molar-refractivity contribution in [3.8, 4) is 5.75 Å². The van der Waals surface area contributed by atoms with Crippen LogP contribution in [0.5, 0.6) is 5.75 Å². The number of nitrogens with zero attached hydrogens (tertiary/aromatic N) is 2. The van der Waals surface area contributed by atoms with Gasteiger partial charge in [0.1, 0.15) is 5.75 Å². The summed E-state index contributed by atoms with van der Waals surface area (Å²) in [5, 5.41) is 5.95. The van der Waals surface area contributed by atoms with E-state index >= 15 is 0 Å². The highest BCUT2D eigenvalue weighted by Gasteiger charge is 2.36. The molecule has 0 radical (unpaired) electrons. The number of hydrogen-bond donors (Lipinski definition) is 1. The summed E-state index contributed by atoms with van der Waals surface area (Å²) in [5.74, 6) is 0.389. The molecule has 0 fully saturated rings. The van der Waals surface area contributed by atoms with Gasteiger partial charge >= 0.3 is 5.91 Å². The van der Waals surface area contributed by atoms with Gasteiger partial charge in [0.05, 0.1) is 37.1 Å². The van der Waals surface area contributed by atoms with Crippen LogP contribution in [-0.2, 0) is 10.0 Å². The Labute approximate surface area is 180 Å². The van der Waals surface area contributed by atoms with Crippen molar-refractivity contribution in [1.82, 2.24) is 5.01 Å². The molecule has 9 heteroatoms. The minimum atomic E-state index is -3.49. The van der Waals surface area contributed by atoms with Gasteiger partial charge in [-0.3, -0.25) is 9.52 Å². The van der Waals surface area contributed by atoms with Crippen LogP contribution in [0.3, 0.4) is 0 Å². The molecule has 2 heterocycles. The van der Waals surface area contributed by atoms with E-state index in [0.717, 1.165) is 11.8 Å². The Morgan fingerprint density at radius 1 is 1.13 bits per heavy atom. The van der Waals surface area contributed by atoms with E-state index in [9.17, 15) is 13.2 Å². The number of para-hydroxylation sites is 2. The lowest BCUT2D eigenvalue weighted by Gasteiger charge is -2.22. The Morgan fingerprint density at radius 2 is 1.87 bits per heavy atom. The summed E-state index contributed by atoms with van der Waals surface area (Å²) in [4.78, 5) is 13.2. The van der Waals surface area contributed by atoms with Gasteiger partial charge in [-0.2, -0.15) is 5.10 Å². The predicted octanol–water partition coefficient (Wildman–Crippen LogP) is 3.65. The number of hydrogen-bond acceptors (Lipinski definition) is 6. The zero-order chi connectivity index (χ0) is 22.0. The van der Waals surface area contributed by atoms with Crippen LogP contribution in [0.25, 0.3) is 0 Å². The summed E-state index contributed by atoms with van der Waals surface area (Å²) in [6.07, 6.45) is 2.89. The summed E-state index contributed by atoms with van der Waals surface area (Å²) in [5.41, 5.74) is 2.36. The topological polar surface area (TPSA) is 101 Å². The lowest BCUT2D eigenvalue weighted by Crippen LogP contribution is -2.27. The number of carbonyl (C=O) groups is 1. The van der Waals surface area contributed by atoms with Crippen molar-refractivity contribution in [2.45, 2.75) is 12.5 Å². The third-order valence-corrected chi connectivity index (χ3v) is 5.47. The lowest BCUT2D eigenvalue weighted by atomic mass is 9.97. The zero-order valence-electron chi connectivity index (χ0n) is 17.0. The molecular formula is C22H21N3O5S. The molecule has 0 saturated heterocycles. The summed E-state index contributed by atoms with van der Waals surface area (Å²) in [7, 11) is -1.92. The second kappa shape index (κ2) is 8.27. The molecule has 0 spiro atoms. The number of sulfonamides is 1. The summed E-state index contributed by atoms with van der Waals surface area (Å²) in [6, 6.07) is 17.1. The molecule has 1 aromatic heterocycles. The van der Waals surface area contributed by atoms with E-state index in [1.807, 2.05) is 24.3 Å². The third kappa shape index (κ3) is 4.31. The maximum absolute atomic E-state index is 13.2. The highest BCUT2D eigenvalue weighted by molar-refractivity contribution is 7.92. The van der Waals surface area contributed by atoms with Crippen LogP contribution in [0.15, 0.2) is 76.4 Å².